The highest BCUT2D eigenvalue weighted by molar-refractivity contribution is 7.88. The van der Waals surface area contributed by atoms with Crippen LogP contribution in [-0.2, 0) is 10.0 Å². The lowest BCUT2D eigenvalue weighted by Crippen LogP contribution is -2.31. The van der Waals surface area contributed by atoms with Crippen LogP contribution in [0, 0.1) is 0 Å². The van der Waals surface area contributed by atoms with Gasteiger partial charge >= 0.3 is 6.03 Å². The molecule has 7 heteroatoms. The Morgan fingerprint density at radius 1 is 1.57 bits per heavy atom. The summed E-state index contributed by atoms with van der Waals surface area (Å²) < 4.78 is 23.7. The molecule has 1 saturated heterocycles. The molecule has 0 unspecified atom stereocenters. The van der Waals surface area contributed by atoms with Gasteiger partial charge in [-0.25, -0.2) is 17.9 Å². The number of sulfonamides is 1. The van der Waals surface area contributed by atoms with Gasteiger partial charge in [0.05, 0.1) is 6.26 Å². The van der Waals surface area contributed by atoms with Crippen molar-refractivity contribution in [2.75, 3.05) is 32.4 Å². The fraction of sp³-hybridized carbons (Fsp3) is 0.857. The zero-order valence-electron chi connectivity index (χ0n) is 8.12. The molecule has 0 bridgehead atoms. The standard InChI is InChI=1S/C7H15N3O3S/c1-14(12,13)9-3-2-5-10-6-4-8-7(10)11/h9H,2-6H2,1H3,(H,8,11). The fourth-order valence-corrected chi connectivity index (χ4v) is 1.77. The largest absolute Gasteiger partial charge is 0.336 e. The van der Waals surface area contributed by atoms with Crippen LogP contribution in [0.25, 0.3) is 0 Å². The Labute approximate surface area is 83.7 Å². The molecular formula is C7H15N3O3S. The first-order valence-electron chi connectivity index (χ1n) is 4.46. The summed E-state index contributed by atoms with van der Waals surface area (Å²) in [6.07, 6.45) is 1.76. The highest BCUT2D eigenvalue weighted by Gasteiger charge is 2.18. The summed E-state index contributed by atoms with van der Waals surface area (Å²) in [7, 11) is -3.10. The van der Waals surface area contributed by atoms with E-state index in [0.717, 1.165) is 6.26 Å². The van der Waals surface area contributed by atoms with E-state index in [4.69, 9.17) is 0 Å². The second-order valence-electron chi connectivity index (χ2n) is 3.24. The van der Waals surface area contributed by atoms with Crippen LogP contribution >= 0.6 is 0 Å². The van der Waals surface area contributed by atoms with E-state index in [2.05, 4.69) is 10.0 Å². The highest BCUT2D eigenvalue weighted by Crippen LogP contribution is 1.97. The number of carbonyl (C=O) groups excluding carboxylic acids is 1. The maximum Gasteiger partial charge on any atom is 0.317 e. The van der Waals surface area contributed by atoms with Gasteiger partial charge in [0.2, 0.25) is 10.0 Å². The van der Waals surface area contributed by atoms with E-state index >= 15 is 0 Å². The topological polar surface area (TPSA) is 78.5 Å². The second-order valence-corrected chi connectivity index (χ2v) is 5.07. The van der Waals surface area contributed by atoms with Crippen LogP contribution in [0.3, 0.4) is 0 Å². The molecule has 1 aliphatic heterocycles. The zero-order chi connectivity index (χ0) is 10.6. The number of nitrogens with zero attached hydrogens (tertiary/aromatic N) is 1. The Hall–Kier alpha value is -0.820. The van der Waals surface area contributed by atoms with E-state index < -0.39 is 10.0 Å². The molecule has 1 rings (SSSR count). The van der Waals surface area contributed by atoms with Gasteiger partial charge in [0.15, 0.2) is 0 Å². The average Bonchev–Trinajstić information content (AvgIpc) is 2.44. The van der Waals surface area contributed by atoms with Crippen molar-refractivity contribution in [3.05, 3.63) is 0 Å². The molecule has 0 aromatic heterocycles. The Morgan fingerprint density at radius 3 is 2.79 bits per heavy atom. The Balaban J connectivity index is 2.13. The molecule has 6 nitrogen and oxygen atoms in total. The van der Waals surface area contributed by atoms with Gasteiger partial charge in [-0.2, -0.15) is 0 Å². The second kappa shape index (κ2) is 4.61. The predicted octanol–water partition coefficient (Wildman–Crippen LogP) is -1.05. The highest BCUT2D eigenvalue weighted by atomic mass is 32.2. The molecule has 0 aromatic rings. The lowest BCUT2D eigenvalue weighted by Gasteiger charge is -2.13. The smallest absolute Gasteiger partial charge is 0.317 e. The third-order valence-corrected chi connectivity index (χ3v) is 2.64. The van der Waals surface area contributed by atoms with Crippen molar-refractivity contribution in [1.29, 1.82) is 0 Å². The molecule has 0 saturated carbocycles. The summed E-state index contributed by atoms with van der Waals surface area (Å²) in [6, 6.07) is -0.0654. The predicted molar refractivity (Wildman–Crippen MR) is 52.4 cm³/mol. The fourth-order valence-electron chi connectivity index (χ4n) is 1.25. The Bertz CT molecular complexity index is 301. The first-order chi connectivity index (χ1) is 6.49. The van der Waals surface area contributed by atoms with E-state index in [1.165, 1.54) is 0 Å². The van der Waals surface area contributed by atoms with Gasteiger partial charge in [0, 0.05) is 26.2 Å². The Morgan fingerprint density at radius 2 is 2.29 bits per heavy atom. The van der Waals surface area contributed by atoms with Gasteiger partial charge in [0.25, 0.3) is 0 Å². The third kappa shape index (κ3) is 3.93. The lowest BCUT2D eigenvalue weighted by atomic mass is 10.4. The van der Waals surface area contributed by atoms with E-state index in [9.17, 15) is 13.2 Å². The van der Waals surface area contributed by atoms with Crippen molar-refractivity contribution in [1.82, 2.24) is 14.9 Å². The molecule has 0 radical (unpaired) electrons. The van der Waals surface area contributed by atoms with Gasteiger partial charge in [-0.05, 0) is 6.42 Å². The number of hydrogen-bond acceptors (Lipinski definition) is 3. The van der Waals surface area contributed by atoms with Crippen LogP contribution in [0.4, 0.5) is 4.79 Å². The number of carbonyl (C=O) groups is 1. The van der Waals surface area contributed by atoms with E-state index in [1.54, 1.807) is 4.90 Å². The van der Waals surface area contributed by atoms with E-state index in [0.29, 0.717) is 32.6 Å². The minimum atomic E-state index is -3.10. The summed E-state index contributed by atoms with van der Waals surface area (Å²) in [5.74, 6) is 0. The van der Waals surface area contributed by atoms with Crippen LogP contribution < -0.4 is 10.0 Å². The minimum Gasteiger partial charge on any atom is -0.336 e. The van der Waals surface area contributed by atoms with Crippen LogP contribution in [-0.4, -0.2) is 51.8 Å². The van der Waals surface area contributed by atoms with Crippen molar-refractivity contribution in [3.8, 4) is 0 Å². The summed E-state index contributed by atoms with van der Waals surface area (Å²) in [5, 5.41) is 2.68. The van der Waals surface area contributed by atoms with Crippen LogP contribution in [0.5, 0.6) is 0 Å². The maximum atomic E-state index is 11.0. The number of hydrogen-bond donors (Lipinski definition) is 2. The number of rotatable bonds is 5. The molecule has 0 aliphatic carbocycles. The van der Waals surface area contributed by atoms with Gasteiger partial charge in [-0.3, -0.25) is 0 Å². The molecule has 0 spiro atoms. The van der Waals surface area contributed by atoms with E-state index in [-0.39, 0.29) is 6.03 Å². The Kier molecular flexibility index (Phi) is 3.70. The summed E-state index contributed by atoms with van der Waals surface area (Å²) in [4.78, 5) is 12.7. The third-order valence-electron chi connectivity index (χ3n) is 1.91. The van der Waals surface area contributed by atoms with Crippen molar-refractivity contribution in [2.45, 2.75) is 6.42 Å². The molecule has 0 aromatic carbocycles. The molecule has 82 valence electrons. The van der Waals surface area contributed by atoms with Gasteiger partial charge in [0.1, 0.15) is 0 Å². The van der Waals surface area contributed by atoms with E-state index in [1.807, 2.05) is 0 Å². The molecule has 1 fully saturated rings. The normalized spacial score (nSPS) is 17.2. The molecule has 2 amide bonds. The average molecular weight is 221 g/mol. The molecule has 1 aliphatic rings. The van der Waals surface area contributed by atoms with Crippen molar-refractivity contribution >= 4 is 16.1 Å². The number of urea groups is 1. The van der Waals surface area contributed by atoms with Gasteiger partial charge in [-0.15, -0.1) is 0 Å². The quantitative estimate of drug-likeness (QED) is 0.581. The monoisotopic (exact) mass is 221 g/mol. The number of amides is 2. The maximum absolute atomic E-state index is 11.0. The first-order valence-corrected chi connectivity index (χ1v) is 6.35. The molecule has 14 heavy (non-hydrogen) atoms. The zero-order valence-corrected chi connectivity index (χ0v) is 8.93. The van der Waals surface area contributed by atoms with Gasteiger partial charge in [-0.1, -0.05) is 0 Å². The van der Waals surface area contributed by atoms with Crippen molar-refractivity contribution in [3.63, 3.8) is 0 Å². The summed E-state index contributed by atoms with van der Waals surface area (Å²) >= 11 is 0. The van der Waals surface area contributed by atoms with Crippen LogP contribution in [0.1, 0.15) is 6.42 Å². The van der Waals surface area contributed by atoms with Crippen molar-refractivity contribution < 1.29 is 13.2 Å². The molecule has 0 atom stereocenters. The van der Waals surface area contributed by atoms with Crippen LogP contribution in [0.2, 0.25) is 0 Å². The minimum absolute atomic E-state index is 0.0654. The molecule has 1 heterocycles. The lowest BCUT2D eigenvalue weighted by molar-refractivity contribution is 0.217. The SMILES string of the molecule is CS(=O)(=O)NCCCN1CCNC1=O. The van der Waals surface area contributed by atoms with Crippen LogP contribution in [0.15, 0.2) is 0 Å². The number of nitrogens with one attached hydrogen (secondary N) is 2. The summed E-state index contributed by atoms with van der Waals surface area (Å²) in [5.41, 5.74) is 0. The van der Waals surface area contributed by atoms with Crippen molar-refractivity contribution in [2.24, 2.45) is 0 Å². The molecular weight excluding hydrogens is 206 g/mol. The first kappa shape index (κ1) is 11.3. The summed E-state index contributed by atoms with van der Waals surface area (Å²) in [6.45, 7) is 2.35. The van der Waals surface area contributed by atoms with Gasteiger partial charge < -0.3 is 10.2 Å². The molecule has 2 N–H and O–H groups in total.